The summed E-state index contributed by atoms with van der Waals surface area (Å²) in [6, 6.07) is 1.62. The number of carbonyl (C=O) groups excluding carboxylic acids is 1. The second kappa shape index (κ2) is 7.79. The molecule has 1 atom stereocenters. The monoisotopic (exact) mass is 336 g/mol. The molecule has 2 rings (SSSR count). The van der Waals surface area contributed by atoms with Crippen molar-refractivity contribution in [3.05, 3.63) is 11.8 Å². The van der Waals surface area contributed by atoms with Gasteiger partial charge in [-0.1, -0.05) is 6.92 Å². The Labute approximate surface area is 143 Å². The van der Waals surface area contributed by atoms with Crippen molar-refractivity contribution < 1.29 is 14.3 Å². The van der Waals surface area contributed by atoms with E-state index in [-0.39, 0.29) is 23.2 Å². The first-order valence-electron chi connectivity index (χ1n) is 8.35. The Balaban J connectivity index is 2.04. The molecular weight excluding hydrogens is 308 g/mol. The third-order valence-corrected chi connectivity index (χ3v) is 4.12. The molecule has 0 spiro atoms. The van der Waals surface area contributed by atoms with Gasteiger partial charge in [0.15, 0.2) is 0 Å². The molecule has 7 nitrogen and oxygen atoms in total. The number of likely N-dealkylation sites (tertiary alicyclic amines) is 1. The summed E-state index contributed by atoms with van der Waals surface area (Å²) < 4.78 is 10.1. The Morgan fingerprint density at radius 3 is 2.75 bits per heavy atom. The Hall–Kier alpha value is -1.89. The number of piperidine rings is 1. The van der Waals surface area contributed by atoms with Gasteiger partial charge in [-0.2, -0.15) is 9.97 Å². The fourth-order valence-electron chi connectivity index (χ4n) is 3.12. The van der Waals surface area contributed by atoms with Crippen LogP contribution in [0.25, 0.3) is 0 Å². The molecule has 1 N–H and O–H groups in total. The van der Waals surface area contributed by atoms with Crippen molar-refractivity contribution in [1.29, 1.82) is 0 Å². The van der Waals surface area contributed by atoms with Gasteiger partial charge in [0.1, 0.15) is 5.69 Å². The molecule has 0 bridgehead atoms. The molecule has 0 aliphatic carbocycles. The van der Waals surface area contributed by atoms with Crippen molar-refractivity contribution in [3.63, 3.8) is 0 Å². The number of nitrogens with one attached hydrogen (secondary N) is 1. The highest BCUT2D eigenvalue weighted by molar-refractivity contribution is 5.93. The van der Waals surface area contributed by atoms with Gasteiger partial charge in [-0.3, -0.25) is 4.79 Å². The number of ether oxygens (including phenoxy) is 2. The smallest absolute Gasteiger partial charge is 0.320 e. The number of methoxy groups -OCH3 is 2. The van der Waals surface area contributed by atoms with Crippen molar-refractivity contribution in [1.82, 2.24) is 20.2 Å². The number of nitrogens with zero attached hydrogens (tertiary/aromatic N) is 3. The Morgan fingerprint density at radius 2 is 2.12 bits per heavy atom. The van der Waals surface area contributed by atoms with Crippen molar-refractivity contribution >= 4 is 5.91 Å². The van der Waals surface area contributed by atoms with Crippen LogP contribution < -0.4 is 14.8 Å². The number of carbonyl (C=O) groups is 1. The first kappa shape index (κ1) is 18.4. The summed E-state index contributed by atoms with van der Waals surface area (Å²) in [4.78, 5) is 23.1. The normalized spacial score (nSPS) is 19.0. The maximum atomic E-state index is 12.6. The van der Waals surface area contributed by atoms with Crippen LogP contribution in [0, 0.1) is 5.92 Å². The minimum absolute atomic E-state index is 0.113. The van der Waals surface area contributed by atoms with Gasteiger partial charge in [-0.15, -0.1) is 0 Å². The molecule has 0 radical (unpaired) electrons. The average Bonchev–Trinajstić information content (AvgIpc) is 2.53. The van der Waals surface area contributed by atoms with Crippen molar-refractivity contribution in [2.24, 2.45) is 5.92 Å². The largest absolute Gasteiger partial charge is 0.481 e. The number of rotatable bonds is 6. The number of amides is 1. The second-order valence-electron chi connectivity index (χ2n) is 7.10. The molecule has 2 heterocycles. The maximum Gasteiger partial charge on any atom is 0.320 e. The van der Waals surface area contributed by atoms with Gasteiger partial charge in [-0.25, -0.2) is 0 Å². The van der Waals surface area contributed by atoms with Crippen LogP contribution >= 0.6 is 0 Å². The SMILES string of the molecule is COc1cc(C(=O)NC(C)(C)CN2CCC[C@@H](C)C2)nc(OC)n1. The minimum atomic E-state index is -0.362. The van der Waals surface area contributed by atoms with Gasteiger partial charge >= 0.3 is 6.01 Å². The van der Waals surface area contributed by atoms with Gasteiger partial charge in [0, 0.05) is 24.7 Å². The number of hydrogen-bond acceptors (Lipinski definition) is 6. The fraction of sp³-hybridized carbons (Fsp3) is 0.706. The molecule has 1 saturated heterocycles. The first-order chi connectivity index (χ1) is 11.3. The van der Waals surface area contributed by atoms with E-state index in [0.717, 1.165) is 19.6 Å². The van der Waals surface area contributed by atoms with Gasteiger partial charge in [0.25, 0.3) is 5.91 Å². The van der Waals surface area contributed by atoms with E-state index in [0.29, 0.717) is 11.8 Å². The predicted octanol–water partition coefficient (Wildman–Crippen LogP) is 1.73. The number of aromatic nitrogens is 2. The van der Waals surface area contributed by atoms with Gasteiger partial charge < -0.3 is 19.7 Å². The first-order valence-corrected chi connectivity index (χ1v) is 8.35. The van der Waals surface area contributed by atoms with E-state index in [4.69, 9.17) is 9.47 Å². The average molecular weight is 336 g/mol. The molecule has 1 aromatic heterocycles. The van der Waals surface area contributed by atoms with Crippen LogP contribution in [0.5, 0.6) is 11.9 Å². The lowest BCUT2D eigenvalue weighted by Crippen LogP contribution is -2.53. The second-order valence-corrected chi connectivity index (χ2v) is 7.10. The van der Waals surface area contributed by atoms with Gasteiger partial charge in [-0.05, 0) is 39.2 Å². The Morgan fingerprint density at radius 1 is 1.38 bits per heavy atom. The summed E-state index contributed by atoms with van der Waals surface area (Å²) in [7, 11) is 2.95. The molecular formula is C17H28N4O3. The highest BCUT2D eigenvalue weighted by Gasteiger charge is 2.27. The quantitative estimate of drug-likeness (QED) is 0.853. The van der Waals surface area contributed by atoms with E-state index < -0.39 is 0 Å². The lowest BCUT2D eigenvalue weighted by Gasteiger charge is -2.37. The van der Waals surface area contributed by atoms with Crippen LogP contribution in [0.15, 0.2) is 6.07 Å². The molecule has 7 heteroatoms. The van der Waals surface area contributed by atoms with E-state index in [1.807, 2.05) is 13.8 Å². The highest BCUT2D eigenvalue weighted by atomic mass is 16.5. The molecule has 1 aliphatic rings. The lowest BCUT2D eigenvalue weighted by atomic mass is 9.97. The van der Waals surface area contributed by atoms with Crippen molar-refractivity contribution in [3.8, 4) is 11.9 Å². The van der Waals surface area contributed by atoms with E-state index in [2.05, 4.69) is 27.1 Å². The van der Waals surface area contributed by atoms with Crippen LogP contribution in [0.3, 0.4) is 0 Å². The molecule has 1 aliphatic heterocycles. The summed E-state index contributed by atoms with van der Waals surface area (Å²) in [5, 5.41) is 3.06. The van der Waals surface area contributed by atoms with E-state index >= 15 is 0 Å². The third-order valence-electron chi connectivity index (χ3n) is 4.12. The van der Waals surface area contributed by atoms with E-state index in [1.54, 1.807) is 0 Å². The number of hydrogen-bond donors (Lipinski definition) is 1. The zero-order valence-corrected chi connectivity index (χ0v) is 15.3. The van der Waals surface area contributed by atoms with Crippen LogP contribution in [-0.2, 0) is 0 Å². The summed E-state index contributed by atoms with van der Waals surface area (Å²) in [6.45, 7) is 9.30. The van der Waals surface area contributed by atoms with Crippen LogP contribution in [0.2, 0.25) is 0 Å². The van der Waals surface area contributed by atoms with E-state index in [9.17, 15) is 4.79 Å². The third kappa shape index (κ3) is 5.06. The van der Waals surface area contributed by atoms with E-state index in [1.165, 1.54) is 33.1 Å². The van der Waals surface area contributed by atoms with Crippen LogP contribution in [0.4, 0.5) is 0 Å². The molecule has 1 fully saturated rings. The molecule has 0 aromatic carbocycles. The highest BCUT2D eigenvalue weighted by Crippen LogP contribution is 2.19. The summed E-state index contributed by atoms with van der Waals surface area (Å²) in [5.74, 6) is 0.749. The summed E-state index contributed by atoms with van der Waals surface area (Å²) in [6.07, 6.45) is 2.50. The molecule has 0 saturated carbocycles. The summed E-state index contributed by atoms with van der Waals surface area (Å²) >= 11 is 0. The molecule has 24 heavy (non-hydrogen) atoms. The standard InChI is InChI=1S/C17H28N4O3/c1-12-7-6-8-21(10-12)11-17(2,3)20-15(22)13-9-14(23-4)19-16(18-13)24-5/h9,12H,6-8,10-11H2,1-5H3,(H,20,22)/t12-/m1/s1. The topological polar surface area (TPSA) is 76.6 Å². The fourth-order valence-corrected chi connectivity index (χ4v) is 3.12. The molecule has 134 valence electrons. The van der Waals surface area contributed by atoms with Crippen LogP contribution in [-0.4, -0.2) is 60.2 Å². The van der Waals surface area contributed by atoms with Crippen molar-refractivity contribution in [2.45, 2.75) is 39.2 Å². The molecule has 1 aromatic rings. The lowest BCUT2D eigenvalue weighted by molar-refractivity contribution is 0.0856. The zero-order chi connectivity index (χ0) is 17.7. The Kier molecular flexibility index (Phi) is 5.99. The summed E-state index contributed by atoms with van der Waals surface area (Å²) in [5.41, 5.74) is -0.127. The molecule has 1 amide bonds. The minimum Gasteiger partial charge on any atom is -0.481 e. The molecule has 0 unspecified atom stereocenters. The van der Waals surface area contributed by atoms with Gasteiger partial charge in [0.05, 0.1) is 14.2 Å². The Bertz CT molecular complexity index is 555. The van der Waals surface area contributed by atoms with Crippen LogP contribution in [0.1, 0.15) is 44.1 Å². The maximum absolute atomic E-state index is 12.6. The predicted molar refractivity (Wildman–Crippen MR) is 91.5 cm³/mol. The zero-order valence-electron chi connectivity index (χ0n) is 15.3. The van der Waals surface area contributed by atoms with Gasteiger partial charge in [0.2, 0.25) is 5.88 Å². The van der Waals surface area contributed by atoms with Crippen molar-refractivity contribution in [2.75, 3.05) is 33.9 Å².